The van der Waals surface area contributed by atoms with E-state index >= 15 is 0 Å². The molecular weight excluding hydrogens is 400 g/mol. The predicted molar refractivity (Wildman–Crippen MR) is 108 cm³/mol. The molecule has 3 fully saturated rings. The SMILES string of the molecule is COc1ccc(Cl)cc1S(=O)(=O)N1C[C@@H]2C(C)(C)C[C@]2(CN2CCOCC2)C1. The third-order valence-electron chi connectivity index (χ3n) is 6.75. The first-order chi connectivity index (χ1) is 13.2. The van der Waals surface area contributed by atoms with Gasteiger partial charge < -0.3 is 9.47 Å². The van der Waals surface area contributed by atoms with Gasteiger partial charge in [-0.2, -0.15) is 4.31 Å². The third-order valence-corrected chi connectivity index (χ3v) is 8.82. The summed E-state index contributed by atoms with van der Waals surface area (Å²) in [5.74, 6) is 0.688. The summed E-state index contributed by atoms with van der Waals surface area (Å²) >= 11 is 6.10. The molecule has 4 rings (SSSR count). The number of rotatable bonds is 5. The number of halogens is 1. The maximum Gasteiger partial charge on any atom is 0.246 e. The monoisotopic (exact) mass is 428 g/mol. The van der Waals surface area contributed by atoms with Crippen LogP contribution in [0.5, 0.6) is 5.75 Å². The number of nitrogens with zero attached hydrogens (tertiary/aromatic N) is 2. The summed E-state index contributed by atoms with van der Waals surface area (Å²) in [7, 11) is -2.19. The zero-order chi connectivity index (χ0) is 20.2. The summed E-state index contributed by atoms with van der Waals surface area (Å²) in [5.41, 5.74) is 0.161. The molecule has 2 aliphatic heterocycles. The molecule has 1 aromatic carbocycles. The molecule has 3 aliphatic rings. The lowest BCUT2D eigenvalue weighted by Crippen LogP contribution is -2.59. The van der Waals surface area contributed by atoms with E-state index in [1.165, 1.54) is 13.2 Å². The largest absolute Gasteiger partial charge is 0.495 e. The maximum atomic E-state index is 13.5. The average Bonchev–Trinajstić information content (AvgIpc) is 2.97. The van der Waals surface area contributed by atoms with E-state index in [1.807, 2.05) is 0 Å². The fourth-order valence-electron chi connectivity index (χ4n) is 5.67. The molecule has 0 amide bonds. The van der Waals surface area contributed by atoms with Crippen molar-refractivity contribution in [3.63, 3.8) is 0 Å². The van der Waals surface area contributed by atoms with Gasteiger partial charge in [0.15, 0.2) is 0 Å². The molecule has 156 valence electrons. The zero-order valence-corrected chi connectivity index (χ0v) is 18.4. The number of sulfonamides is 1. The quantitative estimate of drug-likeness (QED) is 0.721. The third kappa shape index (κ3) is 3.35. The van der Waals surface area contributed by atoms with Crippen LogP contribution in [0.3, 0.4) is 0 Å². The van der Waals surface area contributed by atoms with Crippen LogP contribution in [0.15, 0.2) is 23.1 Å². The molecule has 1 saturated carbocycles. The van der Waals surface area contributed by atoms with Gasteiger partial charge in [-0.1, -0.05) is 25.4 Å². The standard InChI is InChI=1S/C20H29ClN2O4S/c1-19(2)12-20(13-22-6-8-27-9-7-22)14-23(11-18(19)20)28(24,25)17-10-15(21)4-5-16(17)26-3/h4-5,10,18H,6-9,11-14H2,1-3H3/t18-,20+/m1/s1. The Kier molecular flexibility index (Phi) is 5.20. The molecule has 28 heavy (non-hydrogen) atoms. The molecule has 0 aromatic heterocycles. The molecule has 0 N–H and O–H groups in total. The summed E-state index contributed by atoms with van der Waals surface area (Å²) in [4.78, 5) is 2.59. The van der Waals surface area contributed by atoms with Gasteiger partial charge in [0, 0.05) is 43.2 Å². The number of ether oxygens (including phenoxy) is 2. The van der Waals surface area contributed by atoms with Crippen LogP contribution in [0.25, 0.3) is 0 Å². The number of benzene rings is 1. The van der Waals surface area contributed by atoms with Gasteiger partial charge in [-0.15, -0.1) is 0 Å². The van der Waals surface area contributed by atoms with Gasteiger partial charge in [0.25, 0.3) is 0 Å². The highest BCUT2D eigenvalue weighted by Gasteiger charge is 2.64. The molecule has 1 aliphatic carbocycles. The lowest BCUT2D eigenvalue weighted by Gasteiger charge is -2.58. The lowest BCUT2D eigenvalue weighted by molar-refractivity contribution is -0.0965. The highest BCUT2D eigenvalue weighted by molar-refractivity contribution is 7.89. The van der Waals surface area contributed by atoms with Crippen molar-refractivity contribution >= 4 is 21.6 Å². The van der Waals surface area contributed by atoms with Crippen molar-refractivity contribution in [2.24, 2.45) is 16.7 Å². The van der Waals surface area contributed by atoms with Gasteiger partial charge in [0.1, 0.15) is 10.6 Å². The van der Waals surface area contributed by atoms with Crippen molar-refractivity contribution < 1.29 is 17.9 Å². The topological polar surface area (TPSA) is 59.1 Å². The van der Waals surface area contributed by atoms with E-state index in [1.54, 1.807) is 16.4 Å². The minimum Gasteiger partial charge on any atom is -0.495 e. The summed E-state index contributed by atoms with van der Waals surface area (Å²) in [6, 6.07) is 4.76. The van der Waals surface area contributed by atoms with E-state index in [9.17, 15) is 8.42 Å². The zero-order valence-electron chi connectivity index (χ0n) is 16.8. The van der Waals surface area contributed by atoms with Crippen molar-refractivity contribution in [1.82, 2.24) is 9.21 Å². The summed E-state index contributed by atoms with van der Waals surface area (Å²) < 4.78 is 39.4. The molecule has 1 aromatic rings. The molecule has 0 unspecified atom stereocenters. The van der Waals surface area contributed by atoms with Crippen molar-refractivity contribution in [2.45, 2.75) is 25.2 Å². The van der Waals surface area contributed by atoms with Gasteiger partial charge in [0.2, 0.25) is 10.0 Å². The van der Waals surface area contributed by atoms with Crippen LogP contribution in [0.1, 0.15) is 20.3 Å². The predicted octanol–water partition coefficient (Wildman–Crippen LogP) is 2.72. The van der Waals surface area contributed by atoms with Gasteiger partial charge in [0.05, 0.1) is 20.3 Å². The number of morpholine rings is 1. The van der Waals surface area contributed by atoms with E-state index in [4.69, 9.17) is 21.1 Å². The van der Waals surface area contributed by atoms with Crippen molar-refractivity contribution in [3.8, 4) is 5.75 Å². The Bertz CT molecular complexity index is 854. The van der Waals surface area contributed by atoms with Crippen molar-refractivity contribution in [1.29, 1.82) is 0 Å². The lowest BCUT2D eigenvalue weighted by atomic mass is 9.48. The summed E-state index contributed by atoms with van der Waals surface area (Å²) in [5, 5.41) is 0.393. The Labute approximate surface area is 172 Å². The Hall–Kier alpha value is -0.860. The Morgan fingerprint density at radius 1 is 1.29 bits per heavy atom. The van der Waals surface area contributed by atoms with E-state index in [2.05, 4.69) is 18.7 Å². The molecule has 8 heteroatoms. The van der Waals surface area contributed by atoms with Crippen LogP contribution in [0, 0.1) is 16.7 Å². The normalized spacial score (nSPS) is 30.6. The molecular formula is C20H29ClN2O4S. The van der Waals surface area contributed by atoms with Crippen LogP contribution in [0.2, 0.25) is 5.02 Å². The second kappa shape index (κ2) is 7.13. The first-order valence-corrected chi connectivity index (χ1v) is 11.6. The second-order valence-electron chi connectivity index (χ2n) is 9.06. The van der Waals surface area contributed by atoms with Crippen LogP contribution in [0.4, 0.5) is 0 Å². The van der Waals surface area contributed by atoms with Crippen LogP contribution in [-0.4, -0.2) is 70.7 Å². The van der Waals surface area contributed by atoms with Crippen LogP contribution in [-0.2, 0) is 14.8 Å². The van der Waals surface area contributed by atoms with Gasteiger partial charge in [-0.05, 0) is 36.0 Å². The fraction of sp³-hybridized carbons (Fsp3) is 0.700. The number of hydrogen-bond acceptors (Lipinski definition) is 5. The molecule has 2 heterocycles. The number of hydrogen-bond donors (Lipinski definition) is 0. The van der Waals surface area contributed by atoms with E-state index in [0.717, 1.165) is 39.3 Å². The molecule has 0 radical (unpaired) electrons. The first kappa shape index (κ1) is 20.4. The molecule has 0 bridgehead atoms. The van der Waals surface area contributed by atoms with E-state index in [-0.39, 0.29) is 15.7 Å². The Morgan fingerprint density at radius 2 is 2.00 bits per heavy atom. The molecule has 6 nitrogen and oxygen atoms in total. The second-order valence-corrected chi connectivity index (χ2v) is 11.4. The summed E-state index contributed by atoms with van der Waals surface area (Å²) in [6.45, 7) is 9.90. The van der Waals surface area contributed by atoms with Gasteiger partial charge >= 0.3 is 0 Å². The van der Waals surface area contributed by atoms with Gasteiger partial charge in [-0.25, -0.2) is 8.42 Å². The Balaban J connectivity index is 1.62. The maximum absolute atomic E-state index is 13.5. The van der Waals surface area contributed by atoms with Crippen molar-refractivity contribution in [2.75, 3.05) is 53.0 Å². The van der Waals surface area contributed by atoms with Crippen LogP contribution < -0.4 is 4.74 Å². The van der Waals surface area contributed by atoms with Crippen LogP contribution >= 0.6 is 11.6 Å². The number of fused-ring (bicyclic) bond motifs is 1. The first-order valence-electron chi connectivity index (χ1n) is 9.82. The molecule has 2 atom stereocenters. The minimum atomic E-state index is -3.68. The Morgan fingerprint density at radius 3 is 2.64 bits per heavy atom. The number of methoxy groups -OCH3 is 1. The van der Waals surface area contributed by atoms with E-state index < -0.39 is 10.0 Å². The van der Waals surface area contributed by atoms with Crippen molar-refractivity contribution in [3.05, 3.63) is 23.2 Å². The fourth-order valence-corrected chi connectivity index (χ4v) is 7.64. The van der Waals surface area contributed by atoms with Gasteiger partial charge in [-0.3, -0.25) is 4.90 Å². The van der Waals surface area contributed by atoms with E-state index in [0.29, 0.717) is 29.8 Å². The summed E-state index contributed by atoms with van der Waals surface area (Å²) in [6.07, 6.45) is 1.04. The molecule has 2 saturated heterocycles. The highest BCUT2D eigenvalue weighted by atomic mass is 35.5. The molecule has 0 spiro atoms. The average molecular weight is 429 g/mol. The highest BCUT2D eigenvalue weighted by Crippen LogP contribution is 2.63. The minimum absolute atomic E-state index is 0.0136. The smallest absolute Gasteiger partial charge is 0.246 e.